The molecule has 94 valence electrons. The Labute approximate surface area is 152 Å². The average Bonchev–Trinajstić information content (AvgIpc) is 2.18. The number of barbiturate groups is 1. The summed E-state index contributed by atoms with van der Waals surface area (Å²) >= 11 is 0. The van der Waals surface area contributed by atoms with Crippen molar-refractivity contribution in [1.29, 1.82) is 0 Å². The summed E-state index contributed by atoms with van der Waals surface area (Å²) in [7, 11) is 0. The van der Waals surface area contributed by atoms with E-state index in [1.807, 2.05) is 13.8 Å². The quantitative estimate of drug-likeness (QED) is 0.555. The van der Waals surface area contributed by atoms with Gasteiger partial charge in [0.25, 0.3) is 0 Å². The van der Waals surface area contributed by atoms with Crippen molar-refractivity contribution in [3.63, 3.8) is 0 Å². The summed E-state index contributed by atoms with van der Waals surface area (Å²) in [5.41, 5.74) is -1.09. The van der Waals surface area contributed by atoms with Crippen molar-refractivity contribution < 1.29 is 14.4 Å². The molecule has 0 saturated carbocycles. The molecule has 4 amide bonds. The summed E-state index contributed by atoms with van der Waals surface area (Å²) in [5.74, 6) is -1.01. The van der Waals surface area contributed by atoms with Gasteiger partial charge >= 0.3 is 65.1 Å². The van der Waals surface area contributed by atoms with Crippen LogP contribution in [0.3, 0.4) is 0 Å². The van der Waals surface area contributed by atoms with E-state index in [4.69, 9.17) is 0 Å². The van der Waals surface area contributed by atoms with E-state index in [1.54, 1.807) is 6.92 Å². The van der Waals surface area contributed by atoms with Gasteiger partial charge < -0.3 is 0 Å². The van der Waals surface area contributed by atoms with Crippen LogP contribution in [0.15, 0.2) is 0 Å². The van der Waals surface area contributed by atoms with Gasteiger partial charge in [0.1, 0.15) is 5.41 Å². The molecule has 2 N–H and O–H groups in total. The molecule has 1 aliphatic heterocycles. The first-order chi connectivity index (χ1) is 7.48. The Morgan fingerprint density at radius 1 is 1.06 bits per heavy atom. The summed E-state index contributed by atoms with van der Waals surface area (Å²) in [6.07, 6.45) is 2.08. The molecule has 1 rings (SSSR count). The van der Waals surface area contributed by atoms with Gasteiger partial charge in [-0.3, -0.25) is 20.2 Å². The van der Waals surface area contributed by atoms with E-state index in [-0.39, 0.29) is 65.0 Å². The Balaban J connectivity index is 0. The Kier molecular flexibility index (Phi) is 10.1. The fourth-order valence-corrected chi connectivity index (χ4v) is 2.36. The SMILES string of the molecule is CCCC(C)C1(CC)C(=O)NC(=O)NC1=O.[NaH].[NaH]. The monoisotopic (exact) mass is 274 g/mol. The van der Waals surface area contributed by atoms with Crippen LogP contribution in [-0.4, -0.2) is 77.0 Å². The molecule has 0 aromatic heterocycles. The van der Waals surface area contributed by atoms with Crippen molar-refractivity contribution >= 4 is 77.0 Å². The minimum atomic E-state index is -1.09. The molecule has 7 heteroatoms. The van der Waals surface area contributed by atoms with Gasteiger partial charge in [-0.05, 0) is 18.8 Å². The van der Waals surface area contributed by atoms with E-state index >= 15 is 0 Å². The van der Waals surface area contributed by atoms with Crippen LogP contribution in [0.2, 0.25) is 0 Å². The molecule has 0 radical (unpaired) electrons. The predicted octanol–water partition coefficient (Wildman–Crippen LogP) is -0.112. The van der Waals surface area contributed by atoms with Crippen LogP contribution in [0.1, 0.15) is 40.0 Å². The predicted molar refractivity (Wildman–Crippen MR) is 72.8 cm³/mol. The van der Waals surface area contributed by atoms with Gasteiger partial charge in [-0.15, -0.1) is 0 Å². The van der Waals surface area contributed by atoms with E-state index in [1.165, 1.54) is 0 Å². The van der Waals surface area contributed by atoms with Crippen LogP contribution in [0.25, 0.3) is 0 Å². The number of carbonyl (C=O) groups is 3. The van der Waals surface area contributed by atoms with Gasteiger partial charge in [-0.1, -0.05) is 27.2 Å². The number of imide groups is 2. The number of urea groups is 1. The summed E-state index contributed by atoms with van der Waals surface area (Å²) in [5, 5.41) is 4.36. The third-order valence-electron chi connectivity index (χ3n) is 3.39. The zero-order valence-electron chi connectivity index (χ0n) is 9.92. The molecular formula is C11H20N2Na2O3. The van der Waals surface area contributed by atoms with Crippen molar-refractivity contribution in [3.8, 4) is 0 Å². The van der Waals surface area contributed by atoms with Crippen LogP contribution < -0.4 is 10.6 Å². The first kappa shape index (κ1) is 20.9. The van der Waals surface area contributed by atoms with Gasteiger partial charge in [0.05, 0.1) is 0 Å². The zero-order chi connectivity index (χ0) is 12.3. The minimum absolute atomic E-state index is 0. The van der Waals surface area contributed by atoms with E-state index in [0.29, 0.717) is 6.42 Å². The van der Waals surface area contributed by atoms with E-state index < -0.39 is 23.3 Å². The molecule has 1 unspecified atom stereocenters. The first-order valence-corrected chi connectivity index (χ1v) is 5.65. The summed E-state index contributed by atoms with van der Waals surface area (Å²) < 4.78 is 0. The van der Waals surface area contributed by atoms with Crippen LogP contribution >= 0.6 is 0 Å². The molecule has 1 heterocycles. The molecule has 18 heavy (non-hydrogen) atoms. The first-order valence-electron chi connectivity index (χ1n) is 5.65. The molecule has 0 aromatic rings. The van der Waals surface area contributed by atoms with E-state index in [2.05, 4.69) is 10.6 Å². The molecule has 1 fully saturated rings. The van der Waals surface area contributed by atoms with Gasteiger partial charge in [0, 0.05) is 0 Å². The van der Waals surface area contributed by atoms with Crippen molar-refractivity contribution in [3.05, 3.63) is 0 Å². The number of hydrogen-bond acceptors (Lipinski definition) is 3. The number of carbonyl (C=O) groups excluding carboxylic acids is 3. The standard InChI is InChI=1S/C11H18N2O3.2Na.2H/c1-4-6-7(3)11(5-2)8(14)12-10(16)13-9(11)15;;;;/h7H,4-6H2,1-3H3,(H2,12,13,14,15,16);;;;. The Morgan fingerprint density at radius 3 is 1.83 bits per heavy atom. The topological polar surface area (TPSA) is 75.3 Å². The van der Waals surface area contributed by atoms with Crippen molar-refractivity contribution in [1.82, 2.24) is 10.6 Å². The second-order valence-electron chi connectivity index (χ2n) is 4.25. The van der Waals surface area contributed by atoms with Crippen LogP contribution in [0.5, 0.6) is 0 Å². The molecular weight excluding hydrogens is 254 g/mol. The van der Waals surface area contributed by atoms with Gasteiger partial charge in [0.2, 0.25) is 11.8 Å². The molecule has 1 saturated heterocycles. The molecule has 0 bridgehead atoms. The summed E-state index contributed by atoms with van der Waals surface area (Å²) in [6.45, 7) is 5.67. The fraction of sp³-hybridized carbons (Fsp3) is 0.727. The number of amides is 4. The summed E-state index contributed by atoms with van der Waals surface area (Å²) in [4.78, 5) is 34.8. The van der Waals surface area contributed by atoms with Gasteiger partial charge in [-0.25, -0.2) is 4.79 Å². The molecule has 1 aliphatic rings. The van der Waals surface area contributed by atoms with E-state index in [9.17, 15) is 14.4 Å². The van der Waals surface area contributed by atoms with Gasteiger partial charge in [0.15, 0.2) is 0 Å². The Morgan fingerprint density at radius 2 is 1.50 bits per heavy atom. The molecule has 0 spiro atoms. The third-order valence-corrected chi connectivity index (χ3v) is 3.39. The molecule has 5 nitrogen and oxygen atoms in total. The molecule has 0 aromatic carbocycles. The molecule has 0 aliphatic carbocycles. The Bertz CT molecular complexity index is 314. The average molecular weight is 274 g/mol. The number of nitrogens with one attached hydrogen (secondary N) is 2. The maximum absolute atomic E-state index is 11.9. The van der Waals surface area contributed by atoms with Crippen molar-refractivity contribution in [2.45, 2.75) is 40.0 Å². The van der Waals surface area contributed by atoms with Crippen LogP contribution in [-0.2, 0) is 9.59 Å². The van der Waals surface area contributed by atoms with E-state index in [0.717, 1.165) is 12.8 Å². The fourth-order valence-electron chi connectivity index (χ4n) is 2.36. The van der Waals surface area contributed by atoms with Gasteiger partial charge in [-0.2, -0.15) is 0 Å². The zero-order valence-corrected chi connectivity index (χ0v) is 9.92. The number of rotatable bonds is 4. The van der Waals surface area contributed by atoms with Crippen molar-refractivity contribution in [2.75, 3.05) is 0 Å². The van der Waals surface area contributed by atoms with Crippen LogP contribution in [0, 0.1) is 11.3 Å². The van der Waals surface area contributed by atoms with Crippen molar-refractivity contribution in [2.24, 2.45) is 11.3 Å². The number of hydrogen-bond donors (Lipinski definition) is 2. The second-order valence-corrected chi connectivity index (χ2v) is 4.25. The molecule has 1 atom stereocenters. The second kappa shape index (κ2) is 8.72. The van der Waals surface area contributed by atoms with Crippen LogP contribution in [0.4, 0.5) is 4.79 Å². The normalized spacial score (nSPS) is 18.9. The third kappa shape index (κ3) is 3.81. The summed E-state index contributed by atoms with van der Waals surface area (Å²) in [6, 6.07) is -0.720. The maximum atomic E-state index is 11.9. The Hall–Kier alpha value is 0.610.